The largest absolute Gasteiger partial charge is 0.496 e. The van der Waals surface area contributed by atoms with E-state index in [0.29, 0.717) is 6.42 Å². The maximum absolute atomic E-state index is 12.7. The van der Waals surface area contributed by atoms with Crippen molar-refractivity contribution in [3.05, 3.63) is 77.9 Å². The molecule has 0 radical (unpaired) electrons. The van der Waals surface area contributed by atoms with Gasteiger partial charge in [0.25, 0.3) is 0 Å². The molecule has 0 atom stereocenters. The van der Waals surface area contributed by atoms with E-state index in [0.717, 1.165) is 50.5 Å². The van der Waals surface area contributed by atoms with Crippen LogP contribution in [-0.4, -0.2) is 49.0 Å². The molecule has 4 nitrogen and oxygen atoms in total. The maximum atomic E-state index is 12.7. The van der Waals surface area contributed by atoms with Crippen molar-refractivity contribution >= 4 is 16.7 Å². The van der Waals surface area contributed by atoms with Crippen LogP contribution in [0.1, 0.15) is 17.5 Å². The van der Waals surface area contributed by atoms with Crippen LogP contribution in [0.3, 0.4) is 0 Å². The third-order valence-electron chi connectivity index (χ3n) is 5.80. The van der Waals surface area contributed by atoms with Crippen molar-refractivity contribution in [1.29, 1.82) is 0 Å². The summed E-state index contributed by atoms with van der Waals surface area (Å²) in [6.07, 6.45) is 1.25. The van der Waals surface area contributed by atoms with Crippen LogP contribution >= 0.6 is 0 Å². The van der Waals surface area contributed by atoms with E-state index in [2.05, 4.69) is 47.4 Å². The normalized spacial score (nSPS) is 14.9. The molecule has 3 aromatic rings. The van der Waals surface area contributed by atoms with E-state index < -0.39 is 0 Å². The summed E-state index contributed by atoms with van der Waals surface area (Å²) in [4.78, 5) is 17.1. The average Bonchev–Trinajstić information content (AvgIpc) is 2.78. The lowest BCUT2D eigenvalue weighted by Crippen LogP contribution is -2.48. The molecule has 4 heteroatoms. The fourth-order valence-corrected chi connectivity index (χ4v) is 4.14. The number of hydrogen-bond donors (Lipinski definition) is 0. The Morgan fingerprint density at radius 1 is 0.862 bits per heavy atom. The number of piperazine rings is 1. The lowest BCUT2D eigenvalue weighted by molar-refractivity contribution is -0.133. The summed E-state index contributed by atoms with van der Waals surface area (Å²) in [6.45, 7) is 4.38. The Bertz CT molecular complexity index is 972. The van der Waals surface area contributed by atoms with Crippen LogP contribution < -0.4 is 4.74 Å². The number of ether oxygens (including phenoxy) is 1. The van der Waals surface area contributed by atoms with Crippen molar-refractivity contribution in [2.24, 2.45) is 0 Å². The zero-order valence-corrected chi connectivity index (χ0v) is 17.0. The third-order valence-corrected chi connectivity index (χ3v) is 5.80. The Balaban J connectivity index is 1.30. The van der Waals surface area contributed by atoms with E-state index in [9.17, 15) is 4.79 Å². The molecule has 0 saturated carbocycles. The van der Waals surface area contributed by atoms with Gasteiger partial charge in [-0.3, -0.25) is 9.69 Å². The molecule has 0 N–H and O–H groups in total. The van der Waals surface area contributed by atoms with Gasteiger partial charge in [-0.05, 0) is 34.4 Å². The standard InChI is InChI=1S/C25H28N2O2/c1-29-24-12-5-3-8-21(24)13-14-25(28)27-17-15-26(16-18-27)19-22-10-6-9-20-7-2-4-11-23(20)22/h2-12H,13-19H2,1H3. The highest BCUT2D eigenvalue weighted by molar-refractivity contribution is 5.85. The van der Waals surface area contributed by atoms with Crippen molar-refractivity contribution in [2.45, 2.75) is 19.4 Å². The van der Waals surface area contributed by atoms with E-state index in [4.69, 9.17) is 4.74 Å². The molecule has 4 rings (SSSR count). The van der Waals surface area contributed by atoms with Gasteiger partial charge in [0, 0.05) is 39.1 Å². The number of carbonyl (C=O) groups excluding carboxylic acids is 1. The summed E-state index contributed by atoms with van der Waals surface area (Å²) >= 11 is 0. The van der Waals surface area contributed by atoms with Crippen LogP contribution in [0.5, 0.6) is 5.75 Å². The minimum atomic E-state index is 0.237. The molecule has 0 bridgehead atoms. The fraction of sp³-hybridized carbons (Fsp3) is 0.320. The van der Waals surface area contributed by atoms with E-state index in [1.807, 2.05) is 29.2 Å². The van der Waals surface area contributed by atoms with Crippen molar-refractivity contribution in [1.82, 2.24) is 9.80 Å². The number of hydrogen-bond acceptors (Lipinski definition) is 3. The topological polar surface area (TPSA) is 32.8 Å². The highest BCUT2D eigenvalue weighted by Gasteiger charge is 2.21. The highest BCUT2D eigenvalue weighted by atomic mass is 16.5. The number of aryl methyl sites for hydroxylation is 1. The zero-order chi connectivity index (χ0) is 20.1. The van der Waals surface area contributed by atoms with Crippen LogP contribution in [0, 0.1) is 0 Å². The lowest BCUT2D eigenvalue weighted by Gasteiger charge is -2.35. The molecule has 1 aliphatic rings. The minimum Gasteiger partial charge on any atom is -0.496 e. The first kappa shape index (κ1) is 19.5. The van der Waals surface area contributed by atoms with Gasteiger partial charge in [0.1, 0.15) is 5.75 Å². The molecule has 1 fully saturated rings. The first-order chi connectivity index (χ1) is 14.2. The highest BCUT2D eigenvalue weighted by Crippen LogP contribution is 2.22. The molecule has 0 spiro atoms. The summed E-state index contributed by atoms with van der Waals surface area (Å²) < 4.78 is 5.39. The number of nitrogens with zero attached hydrogens (tertiary/aromatic N) is 2. The van der Waals surface area contributed by atoms with Gasteiger partial charge in [0.05, 0.1) is 7.11 Å². The molecule has 0 aromatic heterocycles. The van der Waals surface area contributed by atoms with E-state index in [1.54, 1.807) is 7.11 Å². The van der Waals surface area contributed by atoms with Crippen LogP contribution in [0.2, 0.25) is 0 Å². The molecule has 1 amide bonds. The van der Waals surface area contributed by atoms with E-state index in [-0.39, 0.29) is 5.91 Å². The second kappa shape index (κ2) is 9.10. The summed E-state index contributed by atoms with van der Waals surface area (Å²) in [6, 6.07) is 23.0. The van der Waals surface area contributed by atoms with Crippen molar-refractivity contribution in [2.75, 3.05) is 33.3 Å². The first-order valence-electron chi connectivity index (χ1n) is 10.3. The summed E-state index contributed by atoms with van der Waals surface area (Å²) in [5.41, 5.74) is 2.46. The third kappa shape index (κ3) is 4.60. The van der Waals surface area contributed by atoms with Gasteiger partial charge in [-0.25, -0.2) is 0 Å². The molecule has 1 aliphatic heterocycles. The minimum absolute atomic E-state index is 0.237. The van der Waals surface area contributed by atoms with Crippen molar-refractivity contribution < 1.29 is 9.53 Å². The Hall–Kier alpha value is -2.85. The average molecular weight is 389 g/mol. The van der Waals surface area contributed by atoms with Crippen LogP contribution in [0.25, 0.3) is 10.8 Å². The number of rotatable bonds is 6. The van der Waals surface area contributed by atoms with Gasteiger partial charge in [-0.15, -0.1) is 0 Å². The van der Waals surface area contributed by atoms with Crippen molar-refractivity contribution in [3.63, 3.8) is 0 Å². The Labute approximate surface area is 172 Å². The van der Waals surface area contributed by atoms with Gasteiger partial charge < -0.3 is 9.64 Å². The smallest absolute Gasteiger partial charge is 0.222 e. The molecule has 1 heterocycles. The fourth-order valence-electron chi connectivity index (χ4n) is 4.14. The quantitative estimate of drug-likeness (QED) is 0.637. The number of benzene rings is 3. The molecule has 150 valence electrons. The molecule has 0 aliphatic carbocycles. The SMILES string of the molecule is COc1ccccc1CCC(=O)N1CCN(Cc2cccc3ccccc23)CC1. The predicted octanol–water partition coefficient (Wildman–Crippen LogP) is 4.13. The van der Waals surface area contributed by atoms with E-state index >= 15 is 0 Å². The molecular weight excluding hydrogens is 360 g/mol. The molecule has 0 unspecified atom stereocenters. The lowest BCUT2D eigenvalue weighted by atomic mass is 10.0. The maximum Gasteiger partial charge on any atom is 0.222 e. The number of carbonyl (C=O) groups is 1. The Morgan fingerprint density at radius 3 is 2.38 bits per heavy atom. The van der Waals surface area contributed by atoms with Crippen molar-refractivity contribution in [3.8, 4) is 5.75 Å². The van der Waals surface area contributed by atoms with Crippen LogP contribution in [0.15, 0.2) is 66.7 Å². The zero-order valence-electron chi connectivity index (χ0n) is 17.0. The monoisotopic (exact) mass is 388 g/mol. The molecule has 1 saturated heterocycles. The summed E-state index contributed by atoms with van der Waals surface area (Å²) in [5, 5.41) is 2.61. The number of fused-ring (bicyclic) bond motifs is 1. The Morgan fingerprint density at radius 2 is 1.55 bits per heavy atom. The summed E-state index contributed by atoms with van der Waals surface area (Å²) in [5.74, 6) is 1.10. The van der Waals surface area contributed by atoms with Gasteiger partial charge >= 0.3 is 0 Å². The molecular formula is C25H28N2O2. The van der Waals surface area contributed by atoms with Crippen LogP contribution in [0.4, 0.5) is 0 Å². The second-order valence-corrected chi connectivity index (χ2v) is 7.61. The number of amides is 1. The van der Waals surface area contributed by atoms with Gasteiger partial charge in [0.15, 0.2) is 0 Å². The number of methoxy groups -OCH3 is 1. The predicted molar refractivity (Wildman–Crippen MR) is 117 cm³/mol. The molecule has 3 aromatic carbocycles. The Kier molecular flexibility index (Phi) is 6.11. The number of para-hydroxylation sites is 1. The van der Waals surface area contributed by atoms with Gasteiger partial charge in [0.2, 0.25) is 5.91 Å². The van der Waals surface area contributed by atoms with Gasteiger partial charge in [-0.2, -0.15) is 0 Å². The molecule has 29 heavy (non-hydrogen) atoms. The van der Waals surface area contributed by atoms with E-state index in [1.165, 1.54) is 16.3 Å². The van der Waals surface area contributed by atoms with Crippen LogP contribution in [-0.2, 0) is 17.8 Å². The summed E-state index contributed by atoms with van der Waals surface area (Å²) in [7, 11) is 1.68. The van der Waals surface area contributed by atoms with Gasteiger partial charge in [-0.1, -0.05) is 60.7 Å². The first-order valence-corrected chi connectivity index (χ1v) is 10.3. The second-order valence-electron chi connectivity index (χ2n) is 7.61.